The normalized spacial score (nSPS) is 10.8. The fourth-order valence-electron chi connectivity index (χ4n) is 4.29. The van der Waals surface area contributed by atoms with Crippen molar-refractivity contribution in [3.63, 3.8) is 0 Å². The van der Waals surface area contributed by atoms with Gasteiger partial charge in [0.25, 0.3) is 11.5 Å². The number of aryl methyl sites for hydroxylation is 2. The van der Waals surface area contributed by atoms with Gasteiger partial charge in [-0.25, -0.2) is 0 Å². The molecule has 0 fully saturated rings. The molecule has 224 valence electrons. The van der Waals surface area contributed by atoms with Gasteiger partial charge in [-0.3, -0.25) is 24.0 Å². The van der Waals surface area contributed by atoms with Crippen molar-refractivity contribution in [3.8, 4) is 5.69 Å². The Morgan fingerprint density at radius 3 is 2.12 bits per heavy atom. The van der Waals surface area contributed by atoms with Crippen LogP contribution < -0.4 is 10.9 Å². The van der Waals surface area contributed by atoms with Crippen molar-refractivity contribution in [2.24, 2.45) is 0 Å². The number of anilines is 1. The highest BCUT2D eigenvalue weighted by Gasteiger charge is 2.11. The second-order valence-electron chi connectivity index (χ2n) is 10.0. The van der Waals surface area contributed by atoms with Crippen molar-refractivity contribution < 1.29 is 4.79 Å². The van der Waals surface area contributed by atoms with Crippen molar-refractivity contribution in [3.05, 3.63) is 93.2 Å². The van der Waals surface area contributed by atoms with Gasteiger partial charge in [0, 0.05) is 68.7 Å². The van der Waals surface area contributed by atoms with Crippen LogP contribution in [0.15, 0.2) is 65.2 Å². The number of hydrogen-bond acceptors (Lipinski definition) is 5. The first-order chi connectivity index (χ1) is 19.6. The summed E-state index contributed by atoms with van der Waals surface area (Å²) in [6.07, 6.45) is 8.05. The van der Waals surface area contributed by atoms with Gasteiger partial charge in [0.05, 0.1) is 5.69 Å². The molecule has 2 aromatic heterocycles. The molecule has 0 aliphatic carbocycles. The molecule has 0 saturated heterocycles. The van der Waals surface area contributed by atoms with Crippen LogP contribution in [0.2, 0.25) is 0 Å². The number of hydrogen-bond donors (Lipinski definition) is 1. The van der Waals surface area contributed by atoms with Crippen molar-refractivity contribution in [1.82, 2.24) is 19.4 Å². The van der Waals surface area contributed by atoms with Crippen LogP contribution in [0.25, 0.3) is 11.8 Å². The summed E-state index contributed by atoms with van der Waals surface area (Å²) in [4.78, 5) is 32.5. The Labute approximate surface area is 247 Å². The van der Waals surface area contributed by atoms with Crippen molar-refractivity contribution >= 4 is 17.7 Å². The number of nitrogens with zero attached hydrogens (tertiary/aromatic N) is 4. The molecule has 3 aromatic rings. The number of benzene rings is 1. The smallest absolute Gasteiger partial charge is 0.257 e. The van der Waals surface area contributed by atoms with E-state index < -0.39 is 0 Å². The Bertz CT molecular complexity index is 1290. The lowest BCUT2D eigenvalue weighted by molar-refractivity contribution is 0.0827. The first kappa shape index (κ1) is 35.3. The molecular weight excluding hydrogens is 510 g/mol. The molecule has 41 heavy (non-hydrogen) atoms. The number of rotatable bonds is 10. The zero-order valence-electron chi connectivity index (χ0n) is 26.9. The first-order valence-electron chi connectivity index (χ1n) is 14.7. The molecule has 7 heteroatoms. The molecule has 1 amide bonds. The number of nitrogens with one attached hydrogen (secondary N) is 1. The molecule has 1 aromatic carbocycles. The van der Waals surface area contributed by atoms with Crippen LogP contribution in [0.5, 0.6) is 0 Å². The summed E-state index contributed by atoms with van der Waals surface area (Å²) in [5, 5.41) is 3.01. The molecule has 0 spiro atoms. The van der Waals surface area contributed by atoms with E-state index >= 15 is 0 Å². The van der Waals surface area contributed by atoms with E-state index in [1.54, 1.807) is 35.8 Å². The fourth-order valence-corrected chi connectivity index (χ4v) is 4.29. The van der Waals surface area contributed by atoms with Crippen LogP contribution in [0.3, 0.4) is 0 Å². The molecule has 0 aliphatic heterocycles. The van der Waals surface area contributed by atoms with Gasteiger partial charge in [-0.15, -0.1) is 0 Å². The first-order valence-corrected chi connectivity index (χ1v) is 14.7. The van der Waals surface area contributed by atoms with E-state index in [2.05, 4.69) is 42.0 Å². The standard InChI is InChI=1S/C22H32N4O.C10H13NO.C2H6/c1-6-11-25(12-7-2)16-17(3)14-20-18(4)24-10-8-21(20)26-13-9-19(23-5)15-22(26)27;1-8-4-6-9(7-5-8)10(12)11(2)3;1-2/h8-10,13-15,23H,6-7,11-12,16H2,1-5H3;4-7H,1-3H3;1-2H3/b17-14+;;. The van der Waals surface area contributed by atoms with Crippen molar-refractivity contribution in [2.75, 3.05) is 46.1 Å². The lowest BCUT2D eigenvalue weighted by Gasteiger charge is -2.21. The Kier molecular flexibility index (Phi) is 16.0. The molecule has 0 atom stereocenters. The minimum absolute atomic E-state index is 0.0509. The number of amides is 1. The summed E-state index contributed by atoms with van der Waals surface area (Å²) in [6, 6.07) is 13.0. The molecule has 0 unspecified atom stereocenters. The molecule has 0 radical (unpaired) electrons. The Hall–Kier alpha value is -3.71. The molecule has 0 aliphatic rings. The highest BCUT2D eigenvalue weighted by molar-refractivity contribution is 5.93. The van der Waals surface area contributed by atoms with Crippen LogP contribution in [0, 0.1) is 13.8 Å². The lowest BCUT2D eigenvalue weighted by atomic mass is 10.1. The minimum atomic E-state index is -0.0571. The van der Waals surface area contributed by atoms with Gasteiger partial charge in [-0.2, -0.15) is 0 Å². The molecule has 2 heterocycles. The second-order valence-corrected chi connectivity index (χ2v) is 10.0. The summed E-state index contributed by atoms with van der Waals surface area (Å²) in [5.41, 5.74) is 6.73. The van der Waals surface area contributed by atoms with E-state index in [0.717, 1.165) is 60.7 Å². The SMILES string of the molecule is CC.CCCN(CCC)C/C(C)=C/c1c(-n2ccc(NC)cc2=O)ccnc1C.Cc1ccc(C(=O)N(C)C)cc1. The van der Waals surface area contributed by atoms with Gasteiger partial charge in [-0.05, 0) is 71.0 Å². The van der Waals surface area contributed by atoms with Gasteiger partial charge in [0.2, 0.25) is 0 Å². The Balaban J connectivity index is 0.000000500. The van der Waals surface area contributed by atoms with Crippen LogP contribution in [-0.2, 0) is 0 Å². The molecule has 3 rings (SSSR count). The summed E-state index contributed by atoms with van der Waals surface area (Å²) in [6.45, 7) is 17.7. The molecule has 0 bridgehead atoms. The molecule has 1 N–H and O–H groups in total. The van der Waals surface area contributed by atoms with E-state index in [-0.39, 0.29) is 11.5 Å². The van der Waals surface area contributed by atoms with Gasteiger partial charge in [0.15, 0.2) is 0 Å². The van der Waals surface area contributed by atoms with Crippen LogP contribution in [0.1, 0.15) is 74.6 Å². The third-order valence-electron chi connectivity index (χ3n) is 6.28. The van der Waals surface area contributed by atoms with Crippen LogP contribution in [0.4, 0.5) is 5.69 Å². The highest BCUT2D eigenvalue weighted by atomic mass is 16.2. The zero-order valence-corrected chi connectivity index (χ0v) is 26.9. The van der Waals surface area contributed by atoms with Crippen molar-refractivity contribution in [1.29, 1.82) is 0 Å². The largest absolute Gasteiger partial charge is 0.388 e. The predicted molar refractivity (Wildman–Crippen MR) is 175 cm³/mol. The second kappa shape index (κ2) is 18.6. The number of carbonyl (C=O) groups is 1. The topological polar surface area (TPSA) is 70.5 Å². The van der Waals surface area contributed by atoms with Crippen molar-refractivity contribution in [2.45, 2.75) is 61.3 Å². The summed E-state index contributed by atoms with van der Waals surface area (Å²) < 4.78 is 1.69. The zero-order chi connectivity index (χ0) is 30.9. The summed E-state index contributed by atoms with van der Waals surface area (Å²) >= 11 is 0. The van der Waals surface area contributed by atoms with E-state index in [0.29, 0.717) is 0 Å². The van der Waals surface area contributed by atoms with Gasteiger partial charge in [0.1, 0.15) is 0 Å². The average Bonchev–Trinajstić information content (AvgIpc) is 2.96. The molecule has 7 nitrogen and oxygen atoms in total. The molecular formula is C34H51N5O2. The van der Waals surface area contributed by atoms with Gasteiger partial charge >= 0.3 is 0 Å². The van der Waals surface area contributed by atoms with Crippen LogP contribution in [-0.4, -0.2) is 66.0 Å². The van der Waals surface area contributed by atoms with Gasteiger partial charge < -0.3 is 10.2 Å². The third kappa shape index (κ3) is 11.4. The maximum absolute atomic E-state index is 12.6. The maximum Gasteiger partial charge on any atom is 0.257 e. The van der Waals surface area contributed by atoms with E-state index in [1.165, 1.54) is 11.1 Å². The van der Waals surface area contributed by atoms with Gasteiger partial charge in [-0.1, -0.05) is 57.0 Å². The number of carbonyl (C=O) groups excluding carboxylic acids is 1. The maximum atomic E-state index is 12.6. The molecule has 0 saturated carbocycles. The minimum Gasteiger partial charge on any atom is -0.388 e. The summed E-state index contributed by atoms with van der Waals surface area (Å²) in [7, 11) is 5.32. The summed E-state index contributed by atoms with van der Waals surface area (Å²) in [5.74, 6) is 0.0509. The third-order valence-corrected chi connectivity index (χ3v) is 6.28. The Morgan fingerprint density at radius 1 is 1.00 bits per heavy atom. The van der Waals surface area contributed by atoms with Crippen LogP contribution >= 0.6 is 0 Å². The quantitative estimate of drug-likeness (QED) is 0.294. The predicted octanol–water partition coefficient (Wildman–Crippen LogP) is 6.83. The highest BCUT2D eigenvalue weighted by Crippen LogP contribution is 2.20. The Morgan fingerprint density at radius 2 is 1.61 bits per heavy atom. The van der Waals surface area contributed by atoms with E-state index in [1.807, 2.05) is 77.3 Å². The van der Waals surface area contributed by atoms with E-state index in [4.69, 9.17) is 0 Å². The number of pyridine rings is 2. The van der Waals surface area contributed by atoms with E-state index in [9.17, 15) is 9.59 Å². The fraction of sp³-hybridized carbons (Fsp3) is 0.441. The lowest BCUT2D eigenvalue weighted by Crippen LogP contribution is -2.27. The monoisotopic (exact) mass is 561 g/mol. The average molecular weight is 562 g/mol. The number of aromatic nitrogens is 2.